The predicted octanol–water partition coefficient (Wildman–Crippen LogP) is 2.00. The molecule has 6 heteroatoms. The number of amides is 1. The number of nitrogens with one attached hydrogen (secondary N) is 3. The summed E-state index contributed by atoms with van der Waals surface area (Å²) in [5, 5.41) is 7.83. The van der Waals surface area contributed by atoms with Crippen LogP contribution in [0.25, 0.3) is 5.69 Å². The fraction of sp³-hybridized carbons (Fsp3) is 0.500. The zero-order chi connectivity index (χ0) is 18.1. The first-order valence-corrected chi connectivity index (χ1v) is 9.52. The number of hydrogen-bond donors (Lipinski definition) is 3. The minimum absolute atomic E-state index is 0.0496. The Balaban J connectivity index is 1.46. The van der Waals surface area contributed by atoms with Crippen molar-refractivity contribution in [3.63, 3.8) is 0 Å². The quantitative estimate of drug-likeness (QED) is 0.786. The number of hydrogen-bond acceptors (Lipinski definition) is 4. The van der Waals surface area contributed by atoms with E-state index >= 15 is 0 Å². The molecule has 1 aromatic carbocycles. The Hall–Kier alpha value is -2.18. The van der Waals surface area contributed by atoms with Gasteiger partial charge in [-0.2, -0.15) is 5.10 Å². The van der Waals surface area contributed by atoms with Crippen LogP contribution in [0.3, 0.4) is 0 Å². The van der Waals surface area contributed by atoms with Crippen LogP contribution in [0.1, 0.15) is 36.2 Å². The number of nitrogens with zero attached hydrogens (tertiary/aromatic N) is 2. The van der Waals surface area contributed by atoms with Crippen molar-refractivity contribution in [1.82, 2.24) is 25.9 Å². The summed E-state index contributed by atoms with van der Waals surface area (Å²) in [4.78, 5) is 12.8. The van der Waals surface area contributed by atoms with Gasteiger partial charge in [-0.05, 0) is 44.7 Å². The minimum Gasteiger partial charge on any atom is -0.352 e. The molecule has 138 valence electrons. The van der Waals surface area contributed by atoms with Gasteiger partial charge in [-0.1, -0.05) is 24.6 Å². The van der Waals surface area contributed by atoms with Gasteiger partial charge < -0.3 is 5.32 Å². The monoisotopic (exact) mass is 353 g/mol. The van der Waals surface area contributed by atoms with E-state index in [1.165, 1.54) is 6.42 Å². The summed E-state index contributed by atoms with van der Waals surface area (Å²) in [6.07, 6.45) is 3.30. The van der Waals surface area contributed by atoms with E-state index in [0.717, 1.165) is 42.0 Å². The number of hydrazine groups is 1. The van der Waals surface area contributed by atoms with Gasteiger partial charge in [0.1, 0.15) is 0 Å². The van der Waals surface area contributed by atoms with Crippen molar-refractivity contribution in [3.8, 4) is 5.69 Å². The van der Waals surface area contributed by atoms with E-state index in [-0.39, 0.29) is 17.9 Å². The number of aryl methyl sites for hydroxylation is 1. The highest BCUT2D eigenvalue weighted by Crippen LogP contribution is 2.31. The molecule has 2 aromatic rings. The molecule has 0 radical (unpaired) electrons. The van der Waals surface area contributed by atoms with Gasteiger partial charge in [-0.25, -0.2) is 4.68 Å². The minimum atomic E-state index is 0.0496. The second-order valence-corrected chi connectivity index (χ2v) is 7.46. The van der Waals surface area contributed by atoms with Crippen LogP contribution in [0.2, 0.25) is 0 Å². The van der Waals surface area contributed by atoms with Gasteiger partial charge in [0.25, 0.3) is 0 Å². The van der Waals surface area contributed by atoms with Gasteiger partial charge in [0.2, 0.25) is 5.91 Å². The summed E-state index contributed by atoms with van der Waals surface area (Å²) < 4.78 is 1.95. The van der Waals surface area contributed by atoms with Gasteiger partial charge in [0.05, 0.1) is 17.3 Å². The average molecular weight is 353 g/mol. The van der Waals surface area contributed by atoms with E-state index in [1.807, 2.05) is 41.9 Å². The number of fused-ring (bicyclic) bond motifs is 1. The molecular weight excluding hydrogens is 326 g/mol. The standard InChI is InChI=1S/C20H27N5O/c1-13-18(14(2)25(24-13)16-8-4-3-5-9-16)12-21-20(26)17-10-6-7-15-11-22-23-19(15)17/h3-5,8-9,15,17,19,22-23H,6-7,10-12H2,1-2H3,(H,21,26). The van der Waals surface area contributed by atoms with Crippen LogP contribution in [0, 0.1) is 25.7 Å². The molecule has 1 aromatic heterocycles. The number of aromatic nitrogens is 2. The molecule has 1 saturated carbocycles. The summed E-state index contributed by atoms with van der Waals surface area (Å²) in [6.45, 7) is 5.57. The molecule has 0 spiro atoms. The largest absolute Gasteiger partial charge is 0.352 e. The first kappa shape index (κ1) is 17.2. The maximum absolute atomic E-state index is 12.8. The lowest BCUT2D eigenvalue weighted by molar-refractivity contribution is -0.127. The summed E-state index contributed by atoms with van der Waals surface area (Å²) in [6, 6.07) is 10.4. The first-order valence-electron chi connectivity index (χ1n) is 9.52. The second kappa shape index (κ2) is 7.21. The Morgan fingerprint density at radius 1 is 1.27 bits per heavy atom. The topological polar surface area (TPSA) is 71.0 Å². The fourth-order valence-electron chi connectivity index (χ4n) is 4.40. The van der Waals surface area contributed by atoms with E-state index in [1.54, 1.807) is 0 Å². The molecule has 4 rings (SSSR count). The van der Waals surface area contributed by atoms with E-state index in [4.69, 9.17) is 0 Å². The van der Waals surface area contributed by atoms with Gasteiger partial charge in [-0.3, -0.25) is 15.6 Å². The van der Waals surface area contributed by atoms with Crippen molar-refractivity contribution in [2.24, 2.45) is 11.8 Å². The third-order valence-corrected chi connectivity index (χ3v) is 5.88. The Labute approximate surface area is 154 Å². The second-order valence-electron chi connectivity index (χ2n) is 7.46. The Kier molecular flexibility index (Phi) is 4.78. The van der Waals surface area contributed by atoms with Crippen molar-refractivity contribution in [1.29, 1.82) is 0 Å². The number of carbonyl (C=O) groups excluding carboxylic acids is 1. The highest BCUT2D eigenvalue weighted by molar-refractivity contribution is 5.79. The molecule has 2 aliphatic rings. The summed E-state index contributed by atoms with van der Waals surface area (Å²) >= 11 is 0. The maximum Gasteiger partial charge on any atom is 0.225 e. The Bertz CT molecular complexity index is 785. The van der Waals surface area contributed by atoms with Gasteiger partial charge in [0, 0.05) is 30.4 Å². The van der Waals surface area contributed by atoms with Crippen molar-refractivity contribution in [2.75, 3.05) is 6.54 Å². The molecule has 3 N–H and O–H groups in total. The van der Waals surface area contributed by atoms with Crippen LogP contribution in [0.15, 0.2) is 30.3 Å². The molecule has 0 bridgehead atoms. The molecule has 1 amide bonds. The SMILES string of the molecule is Cc1nn(-c2ccccc2)c(C)c1CNC(=O)C1CCCC2CNNC21. The highest BCUT2D eigenvalue weighted by Gasteiger charge is 2.40. The van der Waals surface area contributed by atoms with Crippen molar-refractivity contribution < 1.29 is 4.79 Å². The summed E-state index contributed by atoms with van der Waals surface area (Å²) in [5.74, 6) is 0.777. The molecule has 1 saturated heterocycles. The fourth-order valence-corrected chi connectivity index (χ4v) is 4.40. The molecular formula is C20H27N5O. The number of carbonyl (C=O) groups is 1. The van der Waals surface area contributed by atoms with E-state index in [9.17, 15) is 4.79 Å². The smallest absolute Gasteiger partial charge is 0.225 e. The molecule has 1 aliphatic heterocycles. The summed E-state index contributed by atoms with van der Waals surface area (Å²) in [7, 11) is 0. The number of rotatable bonds is 4. The predicted molar refractivity (Wildman–Crippen MR) is 101 cm³/mol. The van der Waals surface area contributed by atoms with Crippen molar-refractivity contribution >= 4 is 5.91 Å². The molecule has 3 atom stereocenters. The molecule has 2 fully saturated rings. The number of para-hydroxylation sites is 1. The average Bonchev–Trinajstić information content (AvgIpc) is 3.25. The van der Waals surface area contributed by atoms with Crippen LogP contribution >= 0.6 is 0 Å². The third-order valence-electron chi connectivity index (χ3n) is 5.88. The van der Waals surface area contributed by atoms with Crippen LogP contribution in [-0.2, 0) is 11.3 Å². The Morgan fingerprint density at radius 2 is 2.08 bits per heavy atom. The van der Waals surface area contributed by atoms with Crippen molar-refractivity contribution in [3.05, 3.63) is 47.3 Å². The molecule has 26 heavy (non-hydrogen) atoms. The Morgan fingerprint density at radius 3 is 2.88 bits per heavy atom. The molecule has 3 unspecified atom stereocenters. The zero-order valence-electron chi connectivity index (χ0n) is 15.5. The molecule has 6 nitrogen and oxygen atoms in total. The van der Waals surface area contributed by atoms with E-state index in [2.05, 4.69) is 28.2 Å². The lowest BCUT2D eigenvalue weighted by Crippen LogP contribution is -2.47. The van der Waals surface area contributed by atoms with E-state index in [0.29, 0.717) is 12.5 Å². The highest BCUT2D eigenvalue weighted by atomic mass is 16.1. The van der Waals surface area contributed by atoms with Crippen LogP contribution in [0.5, 0.6) is 0 Å². The van der Waals surface area contributed by atoms with Crippen LogP contribution in [0.4, 0.5) is 0 Å². The third kappa shape index (κ3) is 3.15. The van der Waals surface area contributed by atoms with Crippen LogP contribution < -0.4 is 16.2 Å². The van der Waals surface area contributed by atoms with E-state index < -0.39 is 0 Å². The van der Waals surface area contributed by atoms with Crippen molar-refractivity contribution in [2.45, 2.75) is 45.7 Å². The van der Waals surface area contributed by atoms with Gasteiger partial charge in [0.15, 0.2) is 0 Å². The normalized spacial score (nSPS) is 25.1. The zero-order valence-corrected chi connectivity index (χ0v) is 15.5. The first-order chi connectivity index (χ1) is 12.6. The van der Waals surface area contributed by atoms with Gasteiger partial charge in [-0.15, -0.1) is 0 Å². The summed E-state index contributed by atoms with van der Waals surface area (Å²) in [5.41, 5.74) is 10.7. The lowest BCUT2D eigenvalue weighted by atomic mass is 9.77. The number of benzene rings is 1. The lowest BCUT2D eigenvalue weighted by Gasteiger charge is -2.31. The van der Waals surface area contributed by atoms with Crippen LogP contribution in [-0.4, -0.2) is 28.3 Å². The maximum atomic E-state index is 12.8. The van der Waals surface area contributed by atoms with Gasteiger partial charge >= 0.3 is 0 Å². The molecule has 2 heterocycles. The molecule has 1 aliphatic carbocycles.